The van der Waals surface area contributed by atoms with Crippen molar-refractivity contribution in [3.63, 3.8) is 0 Å². The molecule has 0 aromatic carbocycles. The van der Waals surface area contributed by atoms with Crippen molar-refractivity contribution in [2.75, 3.05) is 21.2 Å². The summed E-state index contributed by atoms with van der Waals surface area (Å²) in [7, 11) is 5.27. The summed E-state index contributed by atoms with van der Waals surface area (Å²) in [6.07, 6.45) is -6.84. The Hall–Kier alpha value is -1.26. The molecule has 0 saturated carbocycles. The summed E-state index contributed by atoms with van der Waals surface area (Å²) < 4.78 is 43.7. The fourth-order valence-corrected chi connectivity index (χ4v) is 8.79. The van der Waals surface area contributed by atoms with Crippen LogP contribution in [0.5, 0.6) is 0 Å². The number of aliphatic hydroxyl groups is 3. The number of cyclic esters (lactones) is 1. The Morgan fingerprint density at radius 2 is 1.58 bits per heavy atom. The number of carbonyl (C=O) groups excluding carboxylic acids is 2. The quantitative estimate of drug-likeness (QED) is 0.261. The number of carbonyl (C=O) groups is 2. The van der Waals surface area contributed by atoms with Gasteiger partial charge in [-0.1, -0.05) is 27.7 Å². The van der Waals surface area contributed by atoms with Crippen LogP contribution in [0.15, 0.2) is 0 Å². The third-order valence-electron chi connectivity index (χ3n) is 12.1. The maximum atomic E-state index is 14.1. The summed E-state index contributed by atoms with van der Waals surface area (Å²) in [4.78, 5) is 29.9. The zero-order valence-corrected chi connectivity index (χ0v) is 32.5. The second kappa shape index (κ2) is 15.6. The summed E-state index contributed by atoms with van der Waals surface area (Å²) in [5.74, 6) is -3.37. The van der Waals surface area contributed by atoms with Gasteiger partial charge in [0, 0.05) is 37.3 Å². The Labute approximate surface area is 298 Å². The molecule has 50 heavy (non-hydrogen) atoms. The van der Waals surface area contributed by atoms with Crippen LogP contribution in [0.1, 0.15) is 94.9 Å². The van der Waals surface area contributed by atoms with Gasteiger partial charge in [-0.25, -0.2) is 0 Å². The molecule has 290 valence electrons. The SMILES string of the molecule is CC[C@H]1OC(=O)[C@H](C)[C@@H](O[C@H]2C[C@@](C)(OC)[C@@H](O)[C@H](C)O2)[C@H](C)[C@@H](O[C@@H]2O[C@H](C)C[C@H](N(C)C)[C@H]2O)[C@](C)(O)C[C@H](C)C(=O)[C@H](C)C2O[C@@]21C. The van der Waals surface area contributed by atoms with Crippen LogP contribution in [0.3, 0.4) is 0 Å². The molecule has 0 bridgehead atoms. The number of esters is 1. The first kappa shape index (κ1) is 41.5. The first-order chi connectivity index (χ1) is 23.1. The Morgan fingerprint density at radius 1 is 0.940 bits per heavy atom. The van der Waals surface area contributed by atoms with E-state index in [9.17, 15) is 24.9 Å². The number of rotatable bonds is 7. The molecule has 3 N–H and O–H groups in total. The lowest BCUT2D eigenvalue weighted by Crippen LogP contribution is -2.60. The molecule has 0 aliphatic carbocycles. The molecule has 0 aromatic heterocycles. The smallest absolute Gasteiger partial charge is 0.311 e. The number of methoxy groups -OCH3 is 1. The molecule has 4 aliphatic rings. The summed E-state index contributed by atoms with van der Waals surface area (Å²) in [6, 6.07) is -0.279. The number of fused-ring (bicyclic) bond motifs is 1. The van der Waals surface area contributed by atoms with E-state index >= 15 is 0 Å². The molecule has 0 spiro atoms. The maximum absolute atomic E-state index is 14.1. The van der Waals surface area contributed by atoms with E-state index in [1.165, 1.54) is 7.11 Å². The van der Waals surface area contributed by atoms with Crippen molar-refractivity contribution in [1.82, 2.24) is 4.90 Å². The van der Waals surface area contributed by atoms with Crippen molar-refractivity contribution in [3.8, 4) is 0 Å². The summed E-state index contributed by atoms with van der Waals surface area (Å²) >= 11 is 0. The number of nitrogens with zero attached hydrogens (tertiary/aromatic N) is 1. The van der Waals surface area contributed by atoms with E-state index in [2.05, 4.69) is 0 Å². The molecule has 18 atom stereocenters. The lowest BCUT2D eigenvalue weighted by Gasteiger charge is -2.48. The van der Waals surface area contributed by atoms with Crippen LogP contribution >= 0.6 is 0 Å². The highest BCUT2D eigenvalue weighted by Gasteiger charge is 2.63. The highest BCUT2D eigenvalue weighted by molar-refractivity contribution is 5.84. The summed E-state index contributed by atoms with van der Waals surface area (Å²) in [6.45, 7) is 17.9. The number of ketones is 1. The second-order valence-corrected chi connectivity index (χ2v) is 16.5. The standard InChI is InChI=1S/C37H65NO12/c1-14-25-37(10)32(50-37)20(4)27(39)18(2)16-35(8,43)31(49-34-28(40)24(38(11)12)15-19(3)45-34)21(5)29(22(6)33(42)47-25)48-26-17-36(9,44-13)30(41)23(7)46-26/h18-26,28-32,34,40-41,43H,14-17H2,1-13H3/t18-,19+,20-,21-,22+,23-,24-,25+,26-,28+,29-,30-,31+,32?,34-,35+,36+,37+/m0/s1. The van der Waals surface area contributed by atoms with E-state index in [0.29, 0.717) is 12.8 Å². The fraction of sp³-hybridized carbons (Fsp3) is 0.946. The zero-order chi connectivity index (χ0) is 37.7. The van der Waals surface area contributed by atoms with Gasteiger partial charge < -0.3 is 53.4 Å². The highest BCUT2D eigenvalue weighted by atomic mass is 16.7. The van der Waals surface area contributed by atoms with E-state index in [1.807, 2.05) is 53.6 Å². The lowest BCUT2D eigenvalue weighted by atomic mass is 9.75. The van der Waals surface area contributed by atoms with E-state index in [-0.39, 0.29) is 30.8 Å². The van der Waals surface area contributed by atoms with Crippen molar-refractivity contribution >= 4 is 11.8 Å². The van der Waals surface area contributed by atoms with Crippen LogP contribution in [0, 0.1) is 23.7 Å². The molecule has 4 heterocycles. The predicted molar refractivity (Wildman–Crippen MR) is 183 cm³/mol. The molecule has 13 heteroatoms. The molecule has 0 amide bonds. The van der Waals surface area contributed by atoms with Crippen molar-refractivity contribution in [2.45, 2.75) is 179 Å². The molecule has 4 aliphatic heterocycles. The van der Waals surface area contributed by atoms with Gasteiger partial charge in [-0.3, -0.25) is 9.59 Å². The second-order valence-electron chi connectivity index (χ2n) is 16.5. The van der Waals surface area contributed by atoms with Crippen molar-refractivity contribution < 1.29 is 58.1 Å². The Balaban J connectivity index is 1.79. The van der Waals surface area contributed by atoms with Gasteiger partial charge in [-0.15, -0.1) is 0 Å². The highest BCUT2D eigenvalue weighted by Crippen LogP contribution is 2.48. The molecule has 0 aromatic rings. The molecule has 13 nitrogen and oxygen atoms in total. The lowest BCUT2D eigenvalue weighted by molar-refractivity contribution is -0.317. The van der Waals surface area contributed by atoms with Crippen LogP contribution in [-0.4, -0.2) is 137 Å². The monoisotopic (exact) mass is 715 g/mol. The number of hydrogen-bond donors (Lipinski definition) is 3. The Kier molecular flexibility index (Phi) is 13.0. The van der Waals surface area contributed by atoms with Crippen LogP contribution in [0.2, 0.25) is 0 Å². The van der Waals surface area contributed by atoms with Crippen LogP contribution in [0.25, 0.3) is 0 Å². The minimum atomic E-state index is -1.67. The average molecular weight is 716 g/mol. The van der Waals surface area contributed by atoms with Crippen molar-refractivity contribution in [1.29, 1.82) is 0 Å². The maximum Gasteiger partial charge on any atom is 0.311 e. The average Bonchev–Trinajstić information content (AvgIpc) is 3.74. The third-order valence-corrected chi connectivity index (χ3v) is 12.1. The van der Waals surface area contributed by atoms with Gasteiger partial charge in [0.05, 0.1) is 41.5 Å². The first-order valence-electron chi connectivity index (χ1n) is 18.5. The first-order valence-corrected chi connectivity index (χ1v) is 18.5. The zero-order valence-electron chi connectivity index (χ0n) is 32.5. The number of ether oxygens (including phenoxy) is 7. The van der Waals surface area contributed by atoms with E-state index in [0.717, 1.165) is 0 Å². The fourth-order valence-electron chi connectivity index (χ4n) is 8.79. The number of Topliss-reactive ketones (excluding diaryl/α,β-unsaturated/α-hetero) is 1. The molecule has 0 radical (unpaired) electrons. The summed E-state index contributed by atoms with van der Waals surface area (Å²) in [5, 5.41) is 34.8. The van der Waals surface area contributed by atoms with Gasteiger partial charge in [-0.05, 0) is 74.9 Å². The Bertz CT molecular complexity index is 1190. The number of likely N-dealkylation sites (N-methyl/N-ethyl adjacent to an activating group) is 1. The normalized spacial score (nSPS) is 51.1. The van der Waals surface area contributed by atoms with E-state index in [1.54, 1.807) is 34.6 Å². The van der Waals surface area contributed by atoms with E-state index in [4.69, 9.17) is 33.2 Å². The van der Waals surface area contributed by atoms with Crippen LogP contribution < -0.4 is 0 Å². The van der Waals surface area contributed by atoms with Gasteiger partial charge in [0.15, 0.2) is 12.6 Å². The predicted octanol–water partition coefficient (Wildman–Crippen LogP) is 2.83. The van der Waals surface area contributed by atoms with Crippen LogP contribution in [0.4, 0.5) is 0 Å². The molecular weight excluding hydrogens is 650 g/mol. The molecule has 4 fully saturated rings. The number of epoxide rings is 1. The van der Waals surface area contributed by atoms with Gasteiger partial charge in [0.1, 0.15) is 35.8 Å². The third kappa shape index (κ3) is 8.27. The molecule has 4 rings (SSSR count). The number of hydrogen-bond acceptors (Lipinski definition) is 13. The largest absolute Gasteiger partial charge is 0.459 e. The van der Waals surface area contributed by atoms with Gasteiger partial charge in [0.25, 0.3) is 0 Å². The Morgan fingerprint density at radius 3 is 2.16 bits per heavy atom. The molecular formula is C37H65NO12. The molecule has 1 unspecified atom stereocenters. The van der Waals surface area contributed by atoms with Crippen molar-refractivity contribution in [2.24, 2.45) is 23.7 Å². The molecule has 4 saturated heterocycles. The van der Waals surface area contributed by atoms with Gasteiger partial charge >= 0.3 is 5.97 Å². The van der Waals surface area contributed by atoms with Gasteiger partial charge in [-0.2, -0.15) is 0 Å². The van der Waals surface area contributed by atoms with Gasteiger partial charge in [0.2, 0.25) is 0 Å². The summed E-state index contributed by atoms with van der Waals surface area (Å²) in [5.41, 5.74) is -3.51. The minimum absolute atomic E-state index is 0.0255. The van der Waals surface area contributed by atoms with Crippen molar-refractivity contribution in [3.05, 3.63) is 0 Å². The van der Waals surface area contributed by atoms with E-state index < -0.39 is 102 Å². The van der Waals surface area contributed by atoms with Crippen LogP contribution in [-0.2, 0) is 42.7 Å². The minimum Gasteiger partial charge on any atom is -0.459 e. The number of aliphatic hydroxyl groups excluding tert-OH is 2. The topological polar surface area (TPSA) is 166 Å².